The number of halogens is 2. The number of nitrogens with zero attached hydrogens (tertiary/aromatic N) is 4. The molecule has 0 aliphatic carbocycles. The number of aromatic nitrogens is 4. The Hall–Kier alpha value is -1.55. The molecule has 0 radical (unpaired) electrons. The van der Waals surface area contributed by atoms with Gasteiger partial charge < -0.3 is 20.7 Å². The van der Waals surface area contributed by atoms with E-state index in [-0.39, 0.29) is 22.9 Å². The second kappa shape index (κ2) is 4.77. The number of nitrogen functional groups attached to an aromatic ring is 1. The molecule has 4 unspecified atom stereocenters. The predicted molar refractivity (Wildman–Crippen MR) is 66.3 cm³/mol. The highest BCUT2D eigenvalue weighted by Crippen LogP contribution is 2.32. The summed E-state index contributed by atoms with van der Waals surface area (Å²) < 4.78 is 20.0. The number of aliphatic hydroxyl groups excluding tert-OH is 2. The van der Waals surface area contributed by atoms with Crippen molar-refractivity contribution in [3.8, 4) is 0 Å². The number of aliphatic hydroxyl groups is 2. The lowest BCUT2D eigenvalue weighted by atomic mass is 10.1. The van der Waals surface area contributed by atoms with E-state index < -0.39 is 30.6 Å². The van der Waals surface area contributed by atoms with Gasteiger partial charge in [-0.3, -0.25) is 4.57 Å². The van der Waals surface area contributed by atoms with Gasteiger partial charge in [0.05, 0.1) is 12.2 Å². The summed E-state index contributed by atoms with van der Waals surface area (Å²) in [6, 6.07) is 0. The van der Waals surface area contributed by atoms with Crippen LogP contribution in [0.25, 0.3) is 11.2 Å². The van der Waals surface area contributed by atoms with E-state index in [4.69, 9.17) is 22.1 Å². The van der Waals surface area contributed by atoms with Gasteiger partial charge in [0, 0.05) is 0 Å². The van der Waals surface area contributed by atoms with E-state index in [2.05, 4.69) is 15.0 Å². The Morgan fingerprint density at radius 1 is 1.40 bits per heavy atom. The van der Waals surface area contributed by atoms with Gasteiger partial charge in [0.25, 0.3) is 0 Å². The third-order valence-corrected chi connectivity index (χ3v) is 3.49. The number of fused-ring (bicyclic) bond motifs is 1. The summed E-state index contributed by atoms with van der Waals surface area (Å²) >= 11 is 5.64. The largest absolute Gasteiger partial charge is 0.387 e. The second-order valence-corrected chi connectivity index (χ2v) is 4.71. The molecule has 1 saturated heterocycles. The van der Waals surface area contributed by atoms with Gasteiger partial charge in [-0.25, -0.2) is 4.98 Å². The molecule has 108 valence electrons. The highest BCUT2D eigenvalue weighted by atomic mass is 35.5. The Labute approximate surface area is 117 Å². The highest BCUT2D eigenvalue weighted by Gasteiger charge is 2.43. The van der Waals surface area contributed by atoms with Crippen molar-refractivity contribution in [1.29, 1.82) is 0 Å². The first-order valence-electron chi connectivity index (χ1n) is 5.76. The lowest BCUT2D eigenvalue weighted by Gasteiger charge is -2.16. The van der Waals surface area contributed by atoms with Crippen molar-refractivity contribution in [3.05, 3.63) is 12.4 Å². The molecule has 0 amide bonds. The Balaban J connectivity index is 2.07. The fraction of sp³-hybridized carbons (Fsp3) is 0.500. The molecule has 1 aliphatic rings. The maximum Gasteiger partial charge on any atom is 0.312 e. The van der Waals surface area contributed by atoms with Gasteiger partial charge in [-0.1, -0.05) is 0 Å². The second-order valence-electron chi connectivity index (χ2n) is 4.40. The molecule has 0 spiro atoms. The summed E-state index contributed by atoms with van der Waals surface area (Å²) in [6.45, 7) is 0. The quantitative estimate of drug-likeness (QED) is 0.501. The fourth-order valence-electron chi connectivity index (χ4n) is 2.18. The average molecular weight is 304 g/mol. The summed E-state index contributed by atoms with van der Waals surface area (Å²) in [7, 11) is 0. The molecular weight excluding hydrogens is 293 g/mol. The molecule has 3 rings (SSSR count). The van der Waals surface area contributed by atoms with Crippen molar-refractivity contribution in [1.82, 2.24) is 19.5 Å². The molecule has 10 heteroatoms. The zero-order valence-corrected chi connectivity index (χ0v) is 10.8. The molecule has 8 nitrogen and oxygen atoms in total. The van der Waals surface area contributed by atoms with Crippen LogP contribution in [0.2, 0.25) is 0 Å². The van der Waals surface area contributed by atoms with Gasteiger partial charge in [-0.15, -0.1) is 11.6 Å². The number of anilines is 1. The van der Waals surface area contributed by atoms with Gasteiger partial charge in [0.15, 0.2) is 23.2 Å². The molecule has 20 heavy (non-hydrogen) atoms. The summed E-state index contributed by atoms with van der Waals surface area (Å²) in [4.78, 5) is 10.9. The molecular formula is C10H11ClFN5O3. The first-order chi connectivity index (χ1) is 9.52. The van der Waals surface area contributed by atoms with Crippen LogP contribution in [0.3, 0.4) is 0 Å². The van der Waals surface area contributed by atoms with Crippen molar-refractivity contribution in [2.24, 2.45) is 0 Å². The van der Waals surface area contributed by atoms with Crippen molar-refractivity contribution in [2.45, 2.75) is 24.5 Å². The SMILES string of the molecule is Nc1nc(F)nc2c1ncn2C1OC(CCl)C(O)C1O. The molecule has 4 atom stereocenters. The van der Waals surface area contributed by atoms with Crippen molar-refractivity contribution in [3.63, 3.8) is 0 Å². The molecule has 3 heterocycles. The van der Waals surface area contributed by atoms with Crippen LogP contribution >= 0.6 is 11.6 Å². The molecule has 0 bridgehead atoms. The van der Waals surface area contributed by atoms with Gasteiger partial charge in [-0.05, 0) is 0 Å². The summed E-state index contributed by atoms with van der Waals surface area (Å²) in [5, 5.41) is 19.8. The molecule has 2 aromatic rings. The normalized spacial score (nSPS) is 30.2. The fourth-order valence-corrected chi connectivity index (χ4v) is 2.44. The van der Waals surface area contributed by atoms with Crippen LogP contribution in [0.4, 0.5) is 10.2 Å². The van der Waals surface area contributed by atoms with E-state index in [1.54, 1.807) is 0 Å². The zero-order valence-electron chi connectivity index (χ0n) is 10.0. The van der Waals surface area contributed by atoms with E-state index in [1.165, 1.54) is 10.9 Å². The van der Waals surface area contributed by atoms with E-state index in [0.717, 1.165) is 0 Å². The third kappa shape index (κ3) is 1.90. The number of nitrogens with two attached hydrogens (primary N) is 1. The summed E-state index contributed by atoms with van der Waals surface area (Å²) in [6.07, 6.45) is -3.84. The van der Waals surface area contributed by atoms with Gasteiger partial charge in [-0.2, -0.15) is 14.4 Å². The lowest BCUT2D eigenvalue weighted by molar-refractivity contribution is -0.0292. The van der Waals surface area contributed by atoms with Crippen molar-refractivity contribution in [2.75, 3.05) is 11.6 Å². The topological polar surface area (TPSA) is 119 Å². The number of hydrogen-bond acceptors (Lipinski definition) is 7. The van der Waals surface area contributed by atoms with Crippen molar-refractivity contribution >= 4 is 28.6 Å². The van der Waals surface area contributed by atoms with E-state index in [0.29, 0.717) is 0 Å². The van der Waals surface area contributed by atoms with Crippen molar-refractivity contribution < 1.29 is 19.3 Å². The number of imidazole rings is 1. The smallest absolute Gasteiger partial charge is 0.312 e. The molecule has 1 fully saturated rings. The van der Waals surface area contributed by atoms with Crippen LogP contribution in [-0.4, -0.2) is 53.9 Å². The van der Waals surface area contributed by atoms with Crippen LogP contribution in [0.1, 0.15) is 6.23 Å². The molecule has 4 N–H and O–H groups in total. The van der Waals surface area contributed by atoms with Gasteiger partial charge in [0.1, 0.15) is 18.3 Å². The van der Waals surface area contributed by atoms with Gasteiger partial charge in [0.2, 0.25) is 0 Å². The monoisotopic (exact) mass is 303 g/mol. The van der Waals surface area contributed by atoms with Gasteiger partial charge >= 0.3 is 6.08 Å². The Morgan fingerprint density at radius 2 is 2.15 bits per heavy atom. The van der Waals surface area contributed by atoms with E-state index in [1.807, 2.05) is 0 Å². The van der Waals surface area contributed by atoms with Crippen LogP contribution in [-0.2, 0) is 4.74 Å². The summed E-state index contributed by atoms with van der Waals surface area (Å²) in [5.41, 5.74) is 5.80. The summed E-state index contributed by atoms with van der Waals surface area (Å²) in [5.74, 6) is -0.111. The predicted octanol–water partition coefficient (Wildman–Crippen LogP) is -0.594. The Kier molecular flexibility index (Phi) is 3.21. The number of hydrogen-bond donors (Lipinski definition) is 3. The van der Waals surface area contributed by atoms with E-state index in [9.17, 15) is 14.6 Å². The molecule has 0 aromatic carbocycles. The lowest BCUT2D eigenvalue weighted by Crippen LogP contribution is -2.32. The average Bonchev–Trinajstić information content (AvgIpc) is 2.93. The van der Waals surface area contributed by atoms with Crippen LogP contribution in [0.15, 0.2) is 6.33 Å². The minimum Gasteiger partial charge on any atom is -0.387 e. The van der Waals surface area contributed by atoms with Crippen LogP contribution < -0.4 is 5.73 Å². The third-order valence-electron chi connectivity index (χ3n) is 3.18. The van der Waals surface area contributed by atoms with Crippen LogP contribution in [0.5, 0.6) is 0 Å². The zero-order chi connectivity index (χ0) is 14.4. The van der Waals surface area contributed by atoms with E-state index >= 15 is 0 Å². The van der Waals surface area contributed by atoms with Crippen LogP contribution in [0, 0.1) is 6.08 Å². The number of alkyl halides is 1. The standard InChI is InChI=1S/C10H11ClFN5O3/c11-1-3-5(18)6(19)9(20-3)17-2-14-4-7(13)15-10(12)16-8(4)17/h2-3,5-6,9,18-19H,1H2,(H2,13,15,16). The molecule has 2 aromatic heterocycles. The Bertz CT molecular complexity index is 653. The first kappa shape index (κ1) is 13.4. The molecule has 0 saturated carbocycles. The minimum atomic E-state index is -1.24. The number of rotatable bonds is 2. The molecule has 1 aliphatic heterocycles. The maximum atomic E-state index is 13.2. The minimum absolute atomic E-state index is 0.00679. The highest BCUT2D eigenvalue weighted by molar-refractivity contribution is 6.18. The maximum absolute atomic E-state index is 13.2. The Morgan fingerprint density at radius 3 is 2.80 bits per heavy atom. The number of ether oxygens (including phenoxy) is 1. The first-order valence-corrected chi connectivity index (χ1v) is 6.29.